The molecular weight excluding hydrogens is 511 g/mol. The number of amides is 1. The first-order valence-electron chi connectivity index (χ1n) is 9.41. The molecular formula is C22H19Cl3N2O5S. The molecule has 0 unspecified atom stereocenters. The van der Waals surface area contributed by atoms with Crippen molar-refractivity contribution in [1.82, 2.24) is 0 Å². The Kier molecular flexibility index (Phi) is 7.97. The first-order valence-corrected chi connectivity index (χ1v) is 12.0. The number of rotatable bonds is 8. The van der Waals surface area contributed by atoms with E-state index in [0.29, 0.717) is 20.8 Å². The van der Waals surface area contributed by atoms with E-state index < -0.39 is 22.5 Å². The summed E-state index contributed by atoms with van der Waals surface area (Å²) in [6.07, 6.45) is 0. The zero-order chi connectivity index (χ0) is 24.2. The van der Waals surface area contributed by atoms with Gasteiger partial charge in [-0.15, -0.1) is 0 Å². The van der Waals surface area contributed by atoms with E-state index in [4.69, 9.17) is 44.3 Å². The number of nitrogens with one attached hydrogen (secondary N) is 1. The molecule has 11 heteroatoms. The van der Waals surface area contributed by atoms with Gasteiger partial charge in [0.05, 0.1) is 35.5 Å². The zero-order valence-corrected chi connectivity index (χ0v) is 20.6. The van der Waals surface area contributed by atoms with Crippen molar-refractivity contribution in [3.63, 3.8) is 0 Å². The number of carbonyl (C=O) groups excluding carboxylic acids is 1. The van der Waals surface area contributed by atoms with Crippen LogP contribution >= 0.6 is 34.8 Å². The molecule has 33 heavy (non-hydrogen) atoms. The Labute approximate surface area is 206 Å². The van der Waals surface area contributed by atoms with Gasteiger partial charge in [0.15, 0.2) is 0 Å². The second-order valence-corrected chi connectivity index (χ2v) is 9.82. The van der Waals surface area contributed by atoms with Crippen LogP contribution in [0.5, 0.6) is 11.5 Å². The summed E-state index contributed by atoms with van der Waals surface area (Å²) in [7, 11) is -1.29. The fraction of sp³-hybridized carbons (Fsp3) is 0.136. The number of ether oxygens (including phenoxy) is 2. The number of sulfonamides is 1. The zero-order valence-electron chi connectivity index (χ0n) is 17.5. The lowest BCUT2D eigenvalue weighted by atomic mass is 10.2. The molecule has 0 heterocycles. The van der Waals surface area contributed by atoms with Crippen LogP contribution in [0.4, 0.5) is 11.4 Å². The summed E-state index contributed by atoms with van der Waals surface area (Å²) in [5, 5.41) is 3.63. The average Bonchev–Trinajstić information content (AvgIpc) is 2.78. The Morgan fingerprint density at radius 1 is 0.909 bits per heavy atom. The maximum absolute atomic E-state index is 13.4. The van der Waals surface area contributed by atoms with Crippen LogP contribution in [0.1, 0.15) is 0 Å². The molecule has 1 amide bonds. The Hall–Kier alpha value is -2.65. The predicted molar refractivity (Wildman–Crippen MR) is 131 cm³/mol. The summed E-state index contributed by atoms with van der Waals surface area (Å²) < 4.78 is 38.2. The minimum atomic E-state index is -4.13. The van der Waals surface area contributed by atoms with Crippen molar-refractivity contribution >= 4 is 62.1 Å². The molecule has 3 rings (SSSR count). The Balaban J connectivity index is 1.98. The van der Waals surface area contributed by atoms with E-state index in [2.05, 4.69) is 5.32 Å². The van der Waals surface area contributed by atoms with Gasteiger partial charge >= 0.3 is 0 Å². The first kappa shape index (κ1) is 25.0. The third kappa shape index (κ3) is 5.83. The molecule has 0 bridgehead atoms. The molecule has 0 saturated carbocycles. The van der Waals surface area contributed by atoms with Crippen molar-refractivity contribution in [2.24, 2.45) is 0 Å². The highest BCUT2D eigenvalue weighted by Crippen LogP contribution is 2.36. The summed E-state index contributed by atoms with van der Waals surface area (Å²) >= 11 is 18.1. The van der Waals surface area contributed by atoms with Gasteiger partial charge in [-0.2, -0.15) is 0 Å². The molecule has 0 saturated heterocycles. The summed E-state index contributed by atoms with van der Waals surface area (Å²) in [5.74, 6) is -0.0348. The van der Waals surface area contributed by atoms with E-state index in [0.717, 1.165) is 4.31 Å². The SMILES string of the molecule is COc1cc(NC(=O)CN(c2cccc(Cl)c2)S(=O)(=O)c2ccc(Cl)cc2)c(OC)cc1Cl. The molecule has 3 aromatic rings. The van der Waals surface area contributed by atoms with E-state index >= 15 is 0 Å². The van der Waals surface area contributed by atoms with Crippen LogP contribution in [-0.2, 0) is 14.8 Å². The number of anilines is 2. The highest BCUT2D eigenvalue weighted by Gasteiger charge is 2.28. The van der Waals surface area contributed by atoms with Crippen molar-refractivity contribution in [1.29, 1.82) is 0 Å². The molecule has 0 aliphatic heterocycles. The van der Waals surface area contributed by atoms with E-state index in [-0.39, 0.29) is 22.0 Å². The standard InChI is InChI=1S/C22H19Cl3N2O5S/c1-31-20-12-19(21(32-2)11-18(20)25)26-22(28)13-27(16-5-3-4-15(24)10-16)33(29,30)17-8-6-14(23)7-9-17/h3-12H,13H2,1-2H3,(H,26,28). The molecule has 0 aliphatic carbocycles. The lowest BCUT2D eigenvalue weighted by Gasteiger charge is -2.24. The van der Waals surface area contributed by atoms with Crippen LogP contribution < -0.4 is 19.1 Å². The molecule has 0 aliphatic rings. The second-order valence-electron chi connectivity index (χ2n) is 6.68. The fourth-order valence-corrected chi connectivity index (χ4v) is 4.91. The van der Waals surface area contributed by atoms with Crippen LogP contribution in [0, 0.1) is 0 Å². The van der Waals surface area contributed by atoms with Crippen LogP contribution in [0.2, 0.25) is 15.1 Å². The normalized spacial score (nSPS) is 11.1. The summed E-state index contributed by atoms with van der Waals surface area (Å²) in [6, 6.07) is 14.8. The monoisotopic (exact) mass is 528 g/mol. The lowest BCUT2D eigenvalue weighted by molar-refractivity contribution is -0.114. The fourth-order valence-electron chi connectivity index (χ4n) is 2.96. The minimum Gasteiger partial charge on any atom is -0.495 e. The van der Waals surface area contributed by atoms with Gasteiger partial charge in [0.2, 0.25) is 5.91 Å². The van der Waals surface area contributed by atoms with E-state index in [1.807, 2.05) is 0 Å². The van der Waals surface area contributed by atoms with Crippen LogP contribution in [0.3, 0.4) is 0 Å². The third-order valence-corrected chi connectivity index (χ3v) is 7.10. The molecule has 0 aromatic heterocycles. The minimum absolute atomic E-state index is 0.0366. The van der Waals surface area contributed by atoms with Gasteiger partial charge in [-0.05, 0) is 42.5 Å². The molecule has 0 atom stereocenters. The van der Waals surface area contributed by atoms with Crippen LogP contribution in [0.15, 0.2) is 65.6 Å². The van der Waals surface area contributed by atoms with Gasteiger partial charge in [-0.1, -0.05) is 40.9 Å². The quantitative estimate of drug-likeness (QED) is 0.417. The van der Waals surface area contributed by atoms with Crippen molar-refractivity contribution in [2.75, 3.05) is 30.4 Å². The van der Waals surface area contributed by atoms with Gasteiger partial charge < -0.3 is 14.8 Å². The molecule has 0 fully saturated rings. The summed E-state index contributed by atoms with van der Waals surface area (Å²) in [6.45, 7) is -0.542. The molecule has 0 spiro atoms. The number of carbonyl (C=O) groups is 1. The van der Waals surface area contributed by atoms with E-state index in [9.17, 15) is 13.2 Å². The van der Waals surface area contributed by atoms with Crippen LogP contribution in [0.25, 0.3) is 0 Å². The van der Waals surface area contributed by atoms with Crippen LogP contribution in [-0.4, -0.2) is 35.1 Å². The Morgan fingerprint density at radius 2 is 1.58 bits per heavy atom. The largest absolute Gasteiger partial charge is 0.495 e. The lowest BCUT2D eigenvalue weighted by Crippen LogP contribution is -2.38. The van der Waals surface area contributed by atoms with Gasteiger partial charge in [0, 0.05) is 22.2 Å². The van der Waals surface area contributed by atoms with Crippen molar-refractivity contribution in [3.8, 4) is 11.5 Å². The predicted octanol–water partition coefficient (Wildman–Crippen LogP) is 5.50. The van der Waals surface area contributed by atoms with Crippen molar-refractivity contribution in [3.05, 3.63) is 75.7 Å². The van der Waals surface area contributed by atoms with Gasteiger partial charge in [-0.3, -0.25) is 9.10 Å². The maximum atomic E-state index is 13.4. The smallest absolute Gasteiger partial charge is 0.264 e. The van der Waals surface area contributed by atoms with Gasteiger partial charge in [0.1, 0.15) is 18.0 Å². The van der Waals surface area contributed by atoms with Crippen molar-refractivity contribution in [2.45, 2.75) is 4.90 Å². The molecule has 0 radical (unpaired) electrons. The average molecular weight is 530 g/mol. The molecule has 174 valence electrons. The third-order valence-electron chi connectivity index (χ3n) is 4.53. The van der Waals surface area contributed by atoms with Crippen molar-refractivity contribution < 1.29 is 22.7 Å². The van der Waals surface area contributed by atoms with E-state index in [1.54, 1.807) is 18.2 Å². The molecule has 3 aromatic carbocycles. The molecule has 7 nitrogen and oxygen atoms in total. The van der Waals surface area contributed by atoms with Gasteiger partial charge in [-0.25, -0.2) is 8.42 Å². The topological polar surface area (TPSA) is 84.9 Å². The highest BCUT2D eigenvalue weighted by molar-refractivity contribution is 7.92. The van der Waals surface area contributed by atoms with Gasteiger partial charge in [0.25, 0.3) is 10.0 Å². The summed E-state index contributed by atoms with van der Waals surface area (Å²) in [5.41, 5.74) is 0.479. The van der Waals surface area contributed by atoms with E-state index in [1.165, 1.54) is 56.7 Å². The number of hydrogen-bond donors (Lipinski definition) is 1. The number of nitrogens with zero attached hydrogens (tertiary/aromatic N) is 1. The Bertz CT molecular complexity index is 1270. The first-order chi connectivity index (χ1) is 15.6. The maximum Gasteiger partial charge on any atom is 0.264 e. The second kappa shape index (κ2) is 10.5. The summed E-state index contributed by atoms with van der Waals surface area (Å²) in [4.78, 5) is 12.9. The number of benzene rings is 3. The highest BCUT2D eigenvalue weighted by atomic mass is 35.5. The number of methoxy groups -OCH3 is 2. The molecule has 1 N–H and O–H groups in total. The number of halogens is 3. The Morgan fingerprint density at radius 3 is 2.18 bits per heavy atom. The number of hydrogen-bond acceptors (Lipinski definition) is 5.